The van der Waals surface area contributed by atoms with E-state index in [1.807, 2.05) is 19.1 Å². The van der Waals surface area contributed by atoms with Crippen LogP contribution in [0.4, 0.5) is 0 Å². The highest BCUT2D eigenvalue weighted by atomic mass is 32.2. The van der Waals surface area contributed by atoms with E-state index in [9.17, 15) is 8.42 Å². The first kappa shape index (κ1) is 20.3. The third-order valence-corrected chi connectivity index (χ3v) is 7.60. The third-order valence-electron chi connectivity index (χ3n) is 5.79. The molecule has 6 heteroatoms. The molecule has 5 nitrogen and oxygen atoms in total. The highest BCUT2D eigenvalue weighted by molar-refractivity contribution is 7.89. The van der Waals surface area contributed by atoms with Gasteiger partial charge in [-0.05, 0) is 54.7 Å². The number of aryl methyl sites for hydroxylation is 1. The highest BCUT2D eigenvalue weighted by Crippen LogP contribution is 2.49. The lowest BCUT2D eigenvalue weighted by Crippen LogP contribution is -2.32. The third kappa shape index (κ3) is 3.63. The van der Waals surface area contributed by atoms with Gasteiger partial charge in [0.2, 0.25) is 10.0 Å². The second-order valence-electron chi connectivity index (χ2n) is 7.88. The summed E-state index contributed by atoms with van der Waals surface area (Å²) in [5.41, 5.74) is 5.56. The molecule has 1 saturated heterocycles. The molecule has 0 spiro atoms. The minimum atomic E-state index is -3.52. The number of methoxy groups -OCH3 is 2. The molecule has 0 aromatic heterocycles. The zero-order valence-corrected chi connectivity index (χ0v) is 17.6. The molecule has 0 bridgehead atoms. The van der Waals surface area contributed by atoms with Crippen molar-refractivity contribution in [1.29, 1.82) is 0 Å². The van der Waals surface area contributed by atoms with Gasteiger partial charge in [0.05, 0.1) is 18.1 Å². The fraction of sp³-hybridized carbons (Fsp3) is 0.524. The van der Waals surface area contributed by atoms with Gasteiger partial charge < -0.3 is 9.47 Å². The largest absolute Gasteiger partial charge is 0.380 e. The van der Waals surface area contributed by atoms with Crippen LogP contribution in [0.5, 0.6) is 0 Å². The Balaban J connectivity index is 1.97. The van der Waals surface area contributed by atoms with Crippen molar-refractivity contribution in [3.8, 4) is 0 Å². The van der Waals surface area contributed by atoms with Crippen LogP contribution in [0, 0.1) is 12.3 Å². The zero-order chi connectivity index (χ0) is 19.8. The van der Waals surface area contributed by atoms with Crippen LogP contribution in [0.15, 0.2) is 51.5 Å². The van der Waals surface area contributed by atoms with Crippen molar-refractivity contribution in [2.75, 3.05) is 40.5 Å². The van der Waals surface area contributed by atoms with Crippen molar-refractivity contribution < 1.29 is 17.9 Å². The maximum absolute atomic E-state index is 13.2. The molecular formula is C21H29NO4S. The lowest BCUT2D eigenvalue weighted by atomic mass is 9.71. The summed E-state index contributed by atoms with van der Waals surface area (Å²) < 4.78 is 38.8. The average Bonchev–Trinajstić information content (AvgIpc) is 2.97. The van der Waals surface area contributed by atoms with E-state index in [1.165, 1.54) is 11.1 Å². The van der Waals surface area contributed by atoms with Gasteiger partial charge in [-0.25, -0.2) is 8.42 Å². The van der Waals surface area contributed by atoms with Crippen LogP contribution in [0.25, 0.3) is 0 Å². The van der Waals surface area contributed by atoms with Gasteiger partial charge in [-0.1, -0.05) is 24.6 Å². The Morgan fingerprint density at radius 1 is 1.07 bits per heavy atom. The summed E-state index contributed by atoms with van der Waals surface area (Å²) in [6.07, 6.45) is 0.798. The van der Waals surface area contributed by atoms with Crippen LogP contribution in [-0.2, 0) is 19.5 Å². The Bertz CT molecular complexity index is 883. The van der Waals surface area contributed by atoms with Crippen LogP contribution < -0.4 is 0 Å². The van der Waals surface area contributed by atoms with E-state index in [2.05, 4.69) is 13.8 Å². The minimum absolute atomic E-state index is 0.201. The molecule has 0 amide bonds. The van der Waals surface area contributed by atoms with Gasteiger partial charge in [-0.3, -0.25) is 0 Å². The summed E-state index contributed by atoms with van der Waals surface area (Å²) in [4.78, 5) is 0.357. The zero-order valence-electron chi connectivity index (χ0n) is 16.8. The smallest absolute Gasteiger partial charge is 0.243 e. The number of hydrogen-bond acceptors (Lipinski definition) is 4. The van der Waals surface area contributed by atoms with Crippen molar-refractivity contribution >= 4 is 10.0 Å². The number of hydrogen-bond donors (Lipinski definition) is 0. The molecule has 2 aliphatic rings. The Hall–Kier alpha value is -1.47. The minimum Gasteiger partial charge on any atom is -0.380 e. The van der Waals surface area contributed by atoms with Crippen molar-refractivity contribution in [3.05, 3.63) is 52.1 Å². The molecular weight excluding hydrogens is 362 g/mol. The first-order chi connectivity index (χ1) is 12.7. The standard InChI is InChI=1S/C21H29NO4S/c1-15-6-8-18(9-7-15)27(23,24)22-11-20-16(2)19(13-26-5)17(12-25-4)10-21(20,3)14-22/h6-9H,10-14H2,1-5H3. The van der Waals surface area contributed by atoms with Crippen LogP contribution in [0.3, 0.4) is 0 Å². The van der Waals surface area contributed by atoms with E-state index < -0.39 is 10.0 Å². The fourth-order valence-corrected chi connectivity index (χ4v) is 5.90. The number of nitrogens with zero attached hydrogens (tertiary/aromatic N) is 1. The normalized spacial score (nSPS) is 23.9. The molecule has 1 unspecified atom stereocenters. The van der Waals surface area contributed by atoms with Crippen molar-refractivity contribution in [2.45, 2.75) is 32.1 Å². The molecule has 3 rings (SSSR count). The number of fused-ring (bicyclic) bond motifs is 1. The Kier molecular flexibility index (Phi) is 5.64. The molecule has 1 aliphatic carbocycles. The number of benzene rings is 1. The molecule has 1 fully saturated rings. The number of rotatable bonds is 6. The quantitative estimate of drug-likeness (QED) is 0.747. The second kappa shape index (κ2) is 7.51. The maximum atomic E-state index is 13.2. The van der Waals surface area contributed by atoms with E-state index in [0.717, 1.165) is 23.1 Å². The Morgan fingerprint density at radius 3 is 2.30 bits per heavy atom. The second-order valence-corrected chi connectivity index (χ2v) is 9.81. The van der Waals surface area contributed by atoms with E-state index in [0.29, 0.717) is 31.2 Å². The molecule has 0 saturated carbocycles. The summed E-state index contributed by atoms with van der Waals surface area (Å²) in [6.45, 7) is 8.19. The van der Waals surface area contributed by atoms with Gasteiger partial charge in [0.25, 0.3) is 0 Å². The Labute approximate surface area is 162 Å². The van der Waals surface area contributed by atoms with Gasteiger partial charge in [0, 0.05) is 32.7 Å². The van der Waals surface area contributed by atoms with Crippen molar-refractivity contribution in [1.82, 2.24) is 4.31 Å². The van der Waals surface area contributed by atoms with E-state index in [4.69, 9.17) is 9.47 Å². The van der Waals surface area contributed by atoms with Gasteiger partial charge in [-0.15, -0.1) is 0 Å². The van der Waals surface area contributed by atoms with Gasteiger partial charge in [0.1, 0.15) is 0 Å². The average molecular weight is 392 g/mol. The lowest BCUT2D eigenvalue weighted by molar-refractivity contribution is 0.201. The summed E-state index contributed by atoms with van der Waals surface area (Å²) in [5, 5.41) is 0. The predicted octanol–water partition coefficient (Wildman–Crippen LogP) is 3.32. The summed E-state index contributed by atoms with van der Waals surface area (Å²) in [7, 11) is -0.139. The van der Waals surface area contributed by atoms with E-state index in [-0.39, 0.29) is 5.41 Å². The first-order valence-electron chi connectivity index (χ1n) is 9.19. The van der Waals surface area contributed by atoms with Crippen molar-refractivity contribution in [2.24, 2.45) is 5.41 Å². The predicted molar refractivity (Wildman–Crippen MR) is 106 cm³/mol. The molecule has 27 heavy (non-hydrogen) atoms. The van der Waals surface area contributed by atoms with Crippen LogP contribution >= 0.6 is 0 Å². The van der Waals surface area contributed by atoms with Crippen LogP contribution in [0.2, 0.25) is 0 Å². The molecule has 148 valence electrons. The monoisotopic (exact) mass is 391 g/mol. The number of ether oxygens (including phenoxy) is 2. The molecule has 1 aliphatic heterocycles. The summed E-state index contributed by atoms with van der Waals surface area (Å²) in [5.74, 6) is 0. The van der Waals surface area contributed by atoms with Crippen LogP contribution in [-0.4, -0.2) is 53.2 Å². The Morgan fingerprint density at radius 2 is 1.70 bits per heavy atom. The molecule has 1 aromatic rings. The molecule has 0 N–H and O–H groups in total. The highest BCUT2D eigenvalue weighted by Gasteiger charge is 2.47. The maximum Gasteiger partial charge on any atom is 0.243 e. The van der Waals surface area contributed by atoms with E-state index >= 15 is 0 Å². The topological polar surface area (TPSA) is 55.8 Å². The van der Waals surface area contributed by atoms with Gasteiger partial charge in [0.15, 0.2) is 0 Å². The molecule has 0 radical (unpaired) electrons. The molecule has 1 atom stereocenters. The first-order valence-corrected chi connectivity index (χ1v) is 10.6. The SMILES string of the molecule is COCC1=C(COC)C(C)=C2CN(S(=O)(=O)c3ccc(C)cc3)CC2(C)C1. The molecule has 1 aromatic carbocycles. The van der Waals surface area contributed by atoms with E-state index in [1.54, 1.807) is 30.7 Å². The van der Waals surface area contributed by atoms with Gasteiger partial charge >= 0.3 is 0 Å². The summed E-state index contributed by atoms with van der Waals surface area (Å²) in [6, 6.07) is 7.08. The van der Waals surface area contributed by atoms with Crippen molar-refractivity contribution in [3.63, 3.8) is 0 Å². The lowest BCUT2D eigenvalue weighted by Gasteiger charge is -2.34. The number of sulfonamides is 1. The van der Waals surface area contributed by atoms with Gasteiger partial charge in [-0.2, -0.15) is 4.31 Å². The van der Waals surface area contributed by atoms with Crippen LogP contribution in [0.1, 0.15) is 25.8 Å². The fourth-order valence-electron chi connectivity index (χ4n) is 4.36. The molecule has 1 heterocycles. The summed E-state index contributed by atoms with van der Waals surface area (Å²) >= 11 is 0.